The Morgan fingerprint density at radius 1 is 1.05 bits per heavy atom. The van der Waals surface area contributed by atoms with Gasteiger partial charge in [-0.2, -0.15) is 0 Å². The van der Waals surface area contributed by atoms with Crippen LogP contribution in [0.4, 0.5) is 0 Å². The molecule has 0 amide bonds. The standard InChI is InChI=1S/C12H26O6Si2/c1-11(2)12(13)18-9-8-10-19(7,14-3)20(15-4,16-5)17-6/h1,8-10H2,2-7H3. The van der Waals surface area contributed by atoms with Crippen LogP contribution in [-0.4, -0.2) is 57.2 Å². The molecule has 6 nitrogen and oxygen atoms in total. The van der Waals surface area contributed by atoms with E-state index in [0.717, 1.165) is 0 Å². The van der Waals surface area contributed by atoms with Crippen LogP contribution in [0.5, 0.6) is 0 Å². The van der Waals surface area contributed by atoms with Crippen molar-refractivity contribution in [1.82, 2.24) is 0 Å². The van der Waals surface area contributed by atoms with Crippen LogP contribution in [0.3, 0.4) is 0 Å². The van der Waals surface area contributed by atoms with Gasteiger partial charge in [-0.1, -0.05) is 6.58 Å². The Morgan fingerprint density at radius 2 is 1.55 bits per heavy atom. The summed E-state index contributed by atoms with van der Waals surface area (Å²) < 4.78 is 27.3. The van der Waals surface area contributed by atoms with E-state index in [1.807, 2.05) is 6.55 Å². The van der Waals surface area contributed by atoms with Crippen LogP contribution in [0.2, 0.25) is 12.6 Å². The summed E-state index contributed by atoms with van der Waals surface area (Å²) in [5.41, 5.74) is 0.395. The predicted molar refractivity (Wildman–Crippen MR) is 80.6 cm³/mol. The van der Waals surface area contributed by atoms with Crippen molar-refractivity contribution in [1.29, 1.82) is 0 Å². The van der Waals surface area contributed by atoms with E-state index >= 15 is 0 Å². The molecule has 0 rings (SSSR count). The van der Waals surface area contributed by atoms with E-state index in [1.54, 1.807) is 35.4 Å². The zero-order valence-electron chi connectivity index (χ0n) is 13.3. The van der Waals surface area contributed by atoms with Gasteiger partial charge in [0.15, 0.2) is 0 Å². The highest BCUT2D eigenvalue weighted by Gasteiger charge is 2.60. The SMILES string of the molecule is C=C(C)C(=O)OCCC[Si](C)(OC)[Si](OC)(OC)OC. The number of rotatable bonds is 10. The molecule has 20 heavy (non-hydrogen) atoms. The summed E-state index contributed by atoms with van der Waals surface area (Å²) in [6.45, 7) is 7.48. The highest BCUT2D eigenvalue weighted by molar-refractivity contribution is 7.31. The van der Waals surface area contributed by atoms with Crippen LogP contribution in [0.1, 0.15) is 13.3 Å². The Labute approximate surface area is 123 Å². The van der Waals surface area contributed by atoms with Gasteiger partial charge >= 0.3 is 14.3 Å². The number of carbonyl (C=O) groups is 1. The van der Waals surface area contributed by atoms with Crippen LogP contribution < -0.4 is 0 Å². The molecule has 118 valence electrons. The minimum atomic E-state index is -2.81. The molecule has 0 spiro atoms. The fourth-order valence-corrected chi connectivity index (χ4v) is 11.4. The second-order valence-corrected chi connectivity index (χ2v) is 15.3. The second kappa shape index (κ2) is 8.70. The van der Waals surface area contributed by atoms with Crippen molar-refractivity contribution in [3.8, 4) is 0 Å². The maximum absolute atomic E-state index is 11.3. The Bertz CT molecular complexity index is 324. The van der Waals surface area contributed by atoms with Gasteiger partial charge in [0, 0.05) is 34.0 Å². The summed E-state index contributed by atoms with van der Waals surface area (Å²) >= 11 is 0. The Balaban J connectivity index is 4.59. The van der Waals surface area contributed by atoms with E-state index in [1.165, 1.54) is 0 Å². The average molecular weight is 323 g/mol. The van der Waals surface area contributed by atoms with Crippen LogP contribution in [0.15, 0.2) is 12.2 Å². The highest BCUT2D eigenvalue weighted by Crippen LogP contribution is 2.27. The molecule has 0 bridgehead atoms. The summed E-state index contributed by atoms with van der Waals surface area (Å²) in [6.07, 6.45) is 0.667. The minimum Gasteiger partial charge on any atom is -0.462 e. The van der Waals surface area contributed by atoms with Gasteiger partial charge in [0.05, 0.1) is 6.61 Å². The third-order valence-corrected chi connectivity index (χ3v) is 15.5. The first kappa shape index (κ1) is 19.5. The van der Waals surface area contributed by atoms with Crippen molar-refractivity contribution >= 4 is 22.1 Å². The lowest BCUT2D eigenvalue weighted by Crippen LogP contribution is -2.67. The molecule has 1 unspecified atom stereocenters. The molecule has 0 aromatic heterocycles. The molecule has 0 aliphatic carbocycles. The number of carbonyl (C=O) groups excluding carboxylic acids is 1. The Morgan fingerprint density at radius 3 is 1.90 bits per heavy atom. The third kappa shape index (κ3) is 4.50. The summed E-state index contributed by atoms with van der Waals surface area (Å²) in [4.78, 5) is 11.3. The molecule has 0 aromatic carbocycles. The quantitative estimate of drug-likeness (QED) is 0.264. The van der Waals surface area contributed by atoms with Crippen LogP contribution in [-0.2, 0) is 27.2 Å². The van der Waals surface area contributed by atoms with Crippen molar-refractivity contribution in [3.05, 3.63) is 12.2 Å². The van der Waals surface area contributed by atoms with Crippen LogP contribution >= 0.6 is 0 Å². The average Bonchev–Trinajstić information content (AvgIpc) is 2.45. The van der Waals surface area contributed by atoms with Crippen LogP contribution in [0.25, 0.3) is 0 Å². The summed E-state index contributed by atoms with van der Waals surface area (Å²) in [5.74, 6) is -0.375. The lowest BCUT2D eigenvalue weighted by molar-refractivity contribution is -0.138. The predicted octanol–water partition coefficient (Wildman–Crippen LogP) is 1.67. The molecule has 8 heteroatoms. The molecule has 1 atom stereocenters. The highest BCUT2D eigenvalue weighted by atomic mass is 29.3. The van der Waals surface area contributed by atoms with Crippen molar-refractivity contribution in [2.45, 2.75) is 25.9 Å². The number of esters is 1. The fraction of sp³-hybridized carbons (Fsp3) is 0.750. The summed E-state index contributed by atoms with van der Waals surface area (Å²) in [5, 5.41) is 0. The van der Waals surface area contributed by atoms with Gasteiger partial charge in [-0.25, -0.2) is 4.79 Å². The van der Waals surface area contributed by atoms with Crippen molar-refractivity contribution in [2.24, 2.45) is 0 Å². The van der Waals surface area contributed by atoms with E-state index in [9.17, 15) is 4.79 Å². The van der Waals surface area contributed by atoms with E-state index in [4.69, 9.17) is 22.4 Å². The minimum absolute atomic E-state index is 0.319. The van der Waals surface area contributed by atoms with Gasteiger partial charge in [-0.15, -0.1) is 0 Å². The Kier molecular flexibility index (Phi) is 8.48. The molecule has 0 heterocycles. The van der Waals surface area contributed by atoms with Gasteiger partial charge in [0.1, 0.15) is 0 Å². The lowest BCUT2D eigenvalue weighted by atomic mass is 10.4. The van der Waals surface area contributed by atoms with Crippen molar-refractivity contribution in [3.63, 3.8) is 0 Å². The summed E-state index contributed by atoms with van der Waals surface area (Å²) in [7, 11) is 1.21. The zero-order valence-corrected chi connectivity index (χ0v) is 15.3. The van der Waals surface area contributed by atoms with Gasteiger partial charge < -0.3 is 22.4 Å². The van der Waals surface area contributed by atoms with Gasteiger partial charge in [0.25, 0.3) is 7.83 Å². The van der Waals surface area contributed by atoms with Gasteiger partial charge in [-0.3, -0.25) is 0 Å². The third-order valence-electron chi connectivity index (χ3n) is 3.28. The van der Waals surface area contributed by atoms with Crippen molar-refractivity contribution < 1.29 is 27.2 Å². The zero-order chi connectivity index (χ0) is 15.8. The molecule has 0 saturated carbocycles. The van der Waals surface area contributed by atoms with Crippen LogP contribution in [0, 0.1) is 0 Å². The molecular formula is C12H26O6Si2. The molecular weight excluding hydrogens is 296 g/mol. The maximum Gasteiger partial charge on any atom is 0.502 e. The topological polar surface area (TPSA) is 63.2 Å². The monoisotopic (exact) mass is 322 g/mol. The second-order valence-electron chi connectivity index (χ2n) is 4.62. The summed E-state index contributed by atoms with van der Waals surface area (Å²) in [6, 6.07) is 0.717. The van der Waals surface area contributed by atoms with Crippen molar-refractivity contribution in [2.75, 3.05) is 35.0 Å². The van der Waals surface area contributed by atoms with Gasteiger partial charge in [-0.05, 0) is 25.9 Å². The van der Waals surface area contributed by atoms with E-state index in [0.29, 0.717) is 24.6 Å². The maximum atomic E-state index is 11.3. The first-order valence-corrected chi connectivity index (χ1v) is 11.7. The normalized spacial score (nSPS) is 14.7. The molecule has 0 N–H and O–H groups in total. The van der Waals surface area contributed by atoms with E-state index < -0.39 is 16.2 Å². The fourth-order valence-electron chi connectivity index (χ4n) is 1.98. The molecule has 0 radical (unpaired) electrons. The Hall–Kier alpha value is -0.516. The first-order chi connectivity index (χ1) is 9.32. The number of ether oxygens (including phenoxy) is 1. The van der Waals surface area contributed by atoms with Gasteiger partial charge in [0.2, 0.25) is 0 Å². The molecule has 0 aliphatic heterocycles. The molecule has 0 aromatic rings. The largest absolute Gasteiger partial charge is 0.502 e. The molecule has 0 saturated heterocycles. The smallest absolute Gasteiger partial charge is 0.462 e. The lowest BCUT2D eigenvalue weighted by Gasteiger charge is -2.37. The molecule has 0 fully saturated rings. The van der Waals surface area contributed by atoms with E-state index in [2.05, 4.69) is 6.58 Å². The number of hydrogen-bond acceptors (Lipinski definition) is 6. The number of hydrogen-bond donors (Lipinski definition) is 0. The first-order valence-electron chi connectivity index (χ1n) is 6.35. The molecule has 0 aliphatic rings. The van der Waals surface area contributed by atoms with E-state index in [-0.39, 0.29) is 5.97 Å².